The van der Waals surface area contributed by atoms with Crippen molar-refractivity contribution >= 4 is 17.2 Å². The van der Waals surface area contributed by atoms with Gasteiger partial charge >= 0.3 is 0 Å². The first kappa shape index (κ1) is 17.9. The first-order valence-electron chi connectivity index (χ1n) is 8.97. The zero-order chi connectivity index (χ0) is 19.8. The first-order chi connectivity index (χ1) is 13.4. The summed E-state index contributed by atoms with van der Waals surface area (Å²) < 4.78 is 12.9. The Morgan fingerprint density at radius 3 is 2.68 bits per heavy atom. The SMILES string of the molecule is COc1ccc(-c2cn3ccc(C)cc3n2)cc1NC(=O)c1cc(C)oc1C. The molecule has 28 heavy (non-hydrogen) atoms. The number of rotatable bonds is 4. The summed E-state index contributed by atoms with van der Waals surface area (Å²) in [4.78, 5) is 17.4. The molecule has 0 saturated heterocycles. The summed E-state index contributed by atoms with van der Waals surface area (Å²) in [5.74, 6) is 1.62. The molecule has 3 heterocycles. The van der Waals surface area contributed by atoms with E-state index in [9.17, 15) is 4.79 Å². The van der Waals surface area contributed by atoms with Crippen LogP contribution in [-0.4, -0.2) is 22.4 Å². The van der Waals surface area contributed by atoms with Crippen LogP contribution in [0.5, 0.6) is 5.75 Å². The number of nitrogens with zero attached hydrogens (tertiary/aromatic N) is 2. The van der Waals surface area contributed by atoms with Crippen molar-refractivity contribution in [1.82, 2.24) is 9.38 Å². The molecule has 0 radical (unpaired) electrons. The Labute approximate surface area is 162 Å². The molecule has 0 aliphatic rings. The number of nitrogens with one attached hydrogen (secondary N) is 1. The van der Waals surface area contributed by atoms with Gasteiger partial charge in [-0.2, -0.15) is 0 Å². The van der Waals surface area contributed by atoms with Crippen molar-refractivity contribution < 1.29 is 13.9 Å². The summed E-state index contributed by atoms with van der Waals surface area (Å²) in [6, 6.07) is 11.4. The molecule has 1 N–H and O–H groups in total. The van der Waals surface area contributed by atoms with Gasteiger partial charge < -0.3 is 18.9 Å². The molecule has 4 rings (SSSR count). The molecular formula is C22H21N3O3. The fraction of sp³-hybridized carbons (Fsp3) is 0.182. The summed E-state index contributed by atoms with van der Waals surface area (Å²) >= 11 is 0. The third kappa shape index (κ3) is 3.24. The molecule has 6 nitrogen and oxygen atoms in total. The van der Waals surface area contributed by atoms with E-state index >= 15 is 0 Å². The Hall–Kier alpha value is -3.54. The molecule has 142 valence electrons. The van der Waals surface area contributed by atoms with E-state index in [1.165, 1.54) is 0 Å². The number of carbonyl (C=O) groups is 1. The number of amides is 1. The van der Waals surface area contributed by atoms with Crippen LogP contribution in [0.25, 0.3) is 16.9 Å². The molecule has 0 atom stereocenters. The molecule has 1 aromatic carbocycles. The third-order valence-corrected chi connectivity index (χ3v) is 4.64. The predicted molar refractivity (Wildman–Crippen MR) is 108 cm³/mol. The lowest BCUT2D eigenvalue weighted by molar-refractivity contribution is 0.102. The van der Waals surface area contributed by atoms with Gasteiger partial charge in [-0.05, 0) is 62.7 Å². The molecule has 0 aliphatic heterocycles. The molecule has 3 aromatic heterocycles. The lowest BCUT2D eigenvalue weighted by Crippen LogP contribution is -2.13. The van der Waals surface area contributed by atoms with Crippen LogP contribution in [0.3, 0.4) is 0 Å². The standard InChI is InChI=1S/C22H21N3O3/c1-13-7-8-25-12-19(23-21(25)9-13)16-5-6-20(27-4)18(11-16)24-22(26)17-10-14(2)28-15(17)3/h5-12H,1-4H3,(H,24,26). The Balaban J connectivity index is 1.70. The maximum absolute atomic E-state index is 12.7. The molecule has 0 saturated carbocycles. The van der Waals surface area contributed by atoms with Gasteiger partial charge in [-0.25, -0.2) is 4.98 Å². The summed E-state index contributed by atoms with van der Waals surface area (Å²) in [6.45, 7) is 5.62. The number of anilines is 1. The largest absolute Gasteiger partial charge is 0.495 e. The molecule has 0 fully saturated rings. The number of carbonyl (C=O) groups excluding carboxylic acids is 1. The lowest BCUT2D eigenvalue weighted by Gasteiger charge is -2.11. The third-order valence-electron chi connectivity index (χ3n) is 4.64. The van der Waals surface area contributed by atoms with E-state index in [2.05, 4.69) is 10.3 Å². The van der Waals surface area contributed by atoms with Crippen LogP contribution in [0.1, 0.15) is 27.4 Å². The Morgan fingerprint density at radius 1 is 1.14 bits per heavy atom. The van der Waals surface area contributed by atoms with Crippen LogP contribution < -0.4 is 10.1 Å². The maximum atomic E-state index is 12.7. The van der Waals surface area contributed by atoms with Crippen LogP contribution >= 0.6 is 0 Å². The van der Waals surface area contributed by atoms with E-state index in [1.54, 1.807) is 20.1 Å². The number of hydrogen-bond acceptors (Lipinski definition) is 4. The Morgan fingerprint density at radius 2 is 1.96 bits per heavy atom. The highest BCUT2D eigenvalue weighted by molar-refractivity contribution is 6.06. The van der Waals surface area contributed by atoms with Gasteiger partial charge in [0.15, 0.2) is 0 Å². The number of furan rings is 1. The second-order valence-corrected chi connectivity index (χ2v) is 6.79. The molecule has 4 aromatic rings. The smallest absolute Gasteiger partial charge is 0.259 e. The van der Waals surface area contributed by atoms with Gasteiger partial charge in [0, 0.05) is 18.0 Å². The summed E-state index contributed by atoms with van der Waals surface area (Å²) in [5, 5.41) is 2.93. The zero-order valence-corrected chi connectivity index (χ0v) is 16.2. The number of pyridine rings is 1. The fourth-order valence-electron chi connectivity index (χ4n) is 3.23. The second kappa shape index (κ2) is 6.88. The molecule has 0 unspecified atom stereocenters. The lowest BCUT2D eigenvalue weighted by atomic mass is 10.1. The van der Waals surface area contributed by atoms with Gasteiger partial charge in [0.1, 0.15) is 22.9 Å². The van der Waals surface area contributed by atoms with Crippen molar-refractivity contribution in [2.75, 3.05) is 12.4 Å². The average molecular weight is 375 g/mol. The van der Waals surface area contributed by atoms with E-state index in [-0.39, 0.29) is 5.91 Å². The van der Waals surface area contributed by atoms with Crippen molar-refractivity contribution in [3.8, 4) is 17.0 Å². The first-order valence-corrected chi connectivity index (χ1v) is 8.97. The average Bonchev–Trinajstić information content (AvgIpc) is 3.23. The van der Waals surface area contributed by atoms with E-state index < -0.39 is 0 Å². The predicted octanol–water partition coefficient (Wildman–Crippen LogP) is 4.78. The van der Waals surface area contributed by atoms with Gasteiger partial charge in [0.05, 0.1) is 24.1 Å². The molecule has 6 heteroatoms. The van der Waals surface area contributed by atoms with Crippen molar-refractivity contribution in [3.63, 3.8) is 0 Å². The summed E-state index contributed by atoms with van der Waals surface area (Å²) in [7, 11) is 1.58. The Kier molecular flexibility index (Phi) is 4.39. The number of ether oxygens (including phenoxy) is 1. The van der Waals surface area contributed by atoms with Crippen LogP contribution in [0.15, 0.2) is 53.2 Å². The van der Waals surface area contributed by atoms with E-state index in [4.69, 9.17) is 9.15 Å². The molecule has 0 bridgehead atoms. The van der Waals surface area contributed by atoms with E-state index in [0.717, 1.165) is 22.5 Å². The molecule has 1 amide bonds. The minimum Gasteiger partial charge on any atom is -0.495 e. The minimum absolute atomic E-state index is 0.240. The molecule has 0 spiro atoms. The molecular weight excluding hydrogens is 354 g/mol. The summed E-state index contributed by atoms with van der Waals surface area (Å²) in [6.07, 6.45) is 3.95. The number of hydrogen-bond donors (Lipinski definition) is 1. The van der Waals surface area contributed by atoms with Crippen molar-refractivity contribution in [1.29, 1.82) is 0 Å². The van der Waals surface area contributed by atoms with Crippen LogP contribution in [0.4, 0.5) is 5.69 Å². The topological polar surface area (TPSA) is 68.8 Å². The van der Waals surface area contributed by atoms with Crippen molar-refractivity contribution in [2.24, 2.45) is 0 Å². The van der Waals surface area contributed by atoms with Crippen LogP contribution in [0.2, 0.25) is 0 Å². The van der Waals surface area contributed by atoms with Crippen LogP contribution in [0, 0.1) is 20.8 Å². The number of aromatic nitrogens is 2. The highest BCUT2D eigenvalue weighted by atomic mass is 16.5. The van der Waals surface area contributed by atoms with E-state index in [0.29, 0.717) is 28.5 Å². The molecule has 0 aliphatic carbocycles. The minimum atomic E-state index is -0.240. The second-order valence-electron chi connectivity index (χ2n) is 6.79. The summed E-state index contributed by atoms with van der Waals surface area (Å²) in [5.41, 5.74) is 4.82. The number of benzene rings is 1. The van der Waals surface area contributed by atoms with Crippen molar-refractivity contribution in [3.05, 3.63) is 71.4 Å². The monoisotopic (exact) mass is 375 g/mol. The highest BCUT2D eigenvalue weighted by Gasteiger charge is 2.16. The number of imidazole rings is 1. The van der Waals surface area contributed by atoms with Gasteiger partial charge in [-0.15, -0.1) is 0 Å². The maximum Gasteiger partial charge on any atom is 0.259 e. The zero-order valence-electron chi connectivity index (χ0n) is 16.2. The number of aryl methyl sites for hydroxylation is 3. The van der Waals surface area contributed by atoms with Gasteiger partial charge in [-0.3, -0.25) is 4.79 Å². The van der Waals surface area contributed by atoms with Gasteiger partial charge in [0.2, 0.25) is 0 Å². The quantitative estimate of drug-likeness (QED) is 0.557. The van der Waals surface area contributed by atoms with Crippen LogP contribution in [-0.2, 0) is 0 Å². The fourth-order valence-corrected chi connectivity index (χ4v) is 3.23. The Bertz CT molecular complexity index is 1190. The highest BCUT2D eigenvalue weighted by Crippen LogP contribution is 2.31. The van der Waals surface area contributed by atoms with Gasteiger partial charge in [0.25, 0.3) is 5.91 Å². The normalized spacial score (nSPS) is 11.0. The number of methoxy groups -OCH3 is 1. The van der Waals surface area contributed by atoms with Gasteiger partial charge in [-0.1, -0.05) is 0 Å². The van der Waals surface area contributed by atoms with E-state index in [1.807, 2.05) is 61.0 Å². The van der Waals surface area contributed by atoms with Crippen molar-refractivity contribution in [2.45, 2.75) is 20.8 Å². The number of fused-ring (bicyclic) bond motifs is 1.